The highest BCUT2D eigenvalue weighted by molar-refractivity contribution is 7.14. The summed E-state index contributed by atoms with van der Waals surface area (Å²) in [7, 11) is 0. The van der Waals surface area contributed by atoms with Crippen LogP contribution in [0, 0.1) is 10.1 Å². The summed E-state index contributed by atoms with van der Waals surface area (Å²) in [6, 6.07) is 11.4. The van der Waals surface area contributed by atoms with Crippen LogP contribution in [0.4, 0.5) is 10.8 Å². The SMILES string of the molecule is CC(C)Oc1ccc(-c2csc(NC(=O)c3ccc(Cl)c([N+](=O)[O-])c3)n2)cc1. The van der Waals surface area contributed by atoms with Crippen molar-refractivity contribution in [3.05, 3.63) is 68.5 Å². The average Bonchev–Trinajstić information content (AvgIpc) is 3.10. The van der Waals surface area contributed by atoms with E-state index in [2.05, 4.69) is 10.3 Å². The van der Waals surface area contributed by atoms with Crippen molar-refractivity contribution in [2.45, 2.75) is 20.0 Å². The number of nitro groups is 1. The molecule has 1 heterocycles. The van der Waals surface area contributed by atoms with Crippen LogP contribution in [-0.4, -0.2) is 21.9 Å². The lowest BCUT2D eigenvalue weighted by Crippen LogP contribution is -2.12. The van der Waals surface area contributed by atoms with Gasteiger partial charge in [-0.3, -0.25) is 20.2 Å². The standard InChI is InChI=1S/C19H16ClN3O4S/c1-11(2)27-14-6-3-12(4-7-14)16-10-28-19(21-16)22-18(24)13-5-8-15(20)17(9-13)23(25)26/h3-11H,1-2H3,(H,21,22,24). The Morgan fingerprint density at radius 2 is 1.96 bits per heavy atom. The molecule has 0 aliphatic heterocycles. The van der Waals surface area contributed by atoms with E-state index < -0.39 is 10.8 Å². The number of anilines is 1. The number of hydrogen-bond acceptors (Lipinski definition) is 6. The van der Waals surface area contributed by atoms with Gasteiger partial charge in [0.15, 0.2) is 5.13 Å². The Hall–Kier alpha value is -2.97. The molecular formula is C19H16ClN3O4S. The molecule has 0 unspecified atom stereocenters. The summed E-state index contributed by atoms with van der Waals surface area (Å²) in [6.45, 7) is 3.91. The molecule has 0 aliphatic carbocycles. The Bertz CT molecular complexity index is 1020. The van der Waals surface area contributed by atoms with Crippen LogP contribution in [0.3, 0.4) is 0 Å². The van der Waals surface area contributed by atoms with Crippen LogP contribution in [0.15, 0.2) is 47.8 Å². The van der Waals surface area contributed by atoms with Gasteiger partial charge in [0.05, 0.1) is 16.7 Å². The van der Waals surface area contributed by atoms with Crippen molar-refractivity contribution in [1.82, 2.24) is 4.98 Å². The summed E-state index contributed by atoms with van der Waals surface area (Å²) in [4.78, 5) is 27.1. The van der Waals surface area contributed by atoms with Crippen molar-refractivity contribution in [2.24, 2.45) is 0 Å². The highest BCUT2D eigenvalue weighted by Crippen LogP contribution is 2.28. The molecule has 3 rings (SSSR count). The molecule has 2 aromatic carbocycles. The van der Waals surface area contributed by atoms with E-state index in [1.54, 1.807) is 0 Å². The molecule has 1 N–H and O–H groups in total. The Morgan fingerprint density at radius 1 is 1.25 bits per heavy atom. The number of nitrogens with zero attached hydrogens (tertiary/aromatic N) is 2. The van der Waals surface area contributed by atoms with Crippen LogP contribution >= 0.6 is 22.9 Å². The van der Waals surface area contributed by atoms with Crippen molar-refractivity contribution >= 4 is 39.7 Å². The molecule has 28 heavy (non-hydrogen) atoms. The molecule has 144 valence electrons. The average molecular weight is 418 g/mol. The van der Waals surface area contributed by atoms with E-state index >= 15 is 0 Å². The minimum absolute atomic E-state index is 0.0250. The molecule has 0 saturated carbocycles. The summed E-state index contributed by atoms with van der Waals surface area (Å²) in [5.41, 5.74) is 1.40. The van der Waals surface area contributed by atoms with E-state index in [-0.39, 0.29) is 22.4 Å². The first-order valence-electron chi connectivity index (χ1n) is 8.31. The van der Waals surface area contributed by atoms with Crippen LogP contribution in [0.2, 0.25) is 5.02 Å². The molecule has 1 aromatic heterocycles. The number of carbonyl (C=O) groups is 1. The minimum Gasteiger partial charge on any atom is -0.491 e. The van der Waals surface area contributed by atoms with E-state index in [0.717, 1.165) is 17.4 Å². The molecule has 0 fully saturated rings. The lowest BCUT2D eigenvalue weighted by atomic mass is 10.2. The molecule has 0 radical (unpaired) electrons. The number of hydrogen-bond donors (Lipinski definition) is 1. The van der Waals surface area contributed by atoms with E-state index in [9.17, 15) is 14.9 Å². The number of nitro benzene ring substituents is 1. The minimum atomic E-state index is -0.632. The number of amides is 1. The third-order valence-electron chi connectivity index (χ3n) is 3.65. The second kappa shape index (κ2) is 8.37. The van der Waals surface area contributed by atoms with Gasteiger partial charge >= 0.3 is 0 Å². The van der Waals surface area contributed by atoms with Crippen LogP contribution in [0.5, 0.6) is 5.75 Å². The molecule has 9 heteroatoms. The first-order valence-corrected chi connectivity index (χ1v) is 9.57. The Balaban J connectivity index is 1.73. The van der Waals surface area contributed by atoms with Crippen LogP contribution in [0.25, 0.3) is 11.3 Å². The van der Waals surface area contributed by atoms with Crippen molar-refractivity contribution in [2.75, 3.05) is 5.32 Å². The lowest BCUT2D eigenvalue weighted by Gasteiger charge is -2.09. The van der Waals surface area contributed by atoms with Gasteiger partial charge in [0, 0.05) is 22.6 Å². The summed E-state index contributed by atoms with van der Waals surface area (Å²) >= 11 is 7.04. The fourth-order valence-electron chi connectivity index (χ4n) is 2.40. The van der Waals surface area contributed by atoms with Gasteiger partial charge in [0.1, 0.15) is 10.8 Å². The van der Waals surface area contributed by atoms with Gasteiger partial charge < -0.3 is 4.74 Å². The quantitative estimate of drug-likeness (QED) is 0.427. The monoisotopic (exact) mass is 417 g/mol. The van der Waals surface area contributed by atoms with Crippen molar-refractivity contribution in [3.63, 3.8) is 0 Å². The highest BCUT2D eigenvalue weighted by Gasteiger charge is 2.17. The van der Waals surface area contributed by atoms with Gasteiger partial charge in [0.2, 0.25) is 0 Å². The summed E-state index contributed by atoms with van der Waals surface area (Å²) < 4.78 is 5.61. The number of nitrogens with one attached hydrogen (secondary N) is 1. The fraction of sp³-hybridized carbons (Fsp3) is 0.158. The van der Waals surface area contributed by atoms with Crippen molar-refractivity contribution in [1.29, 1.82) is 0 Å². The van der Waals surface area contributed by atoms with E-state index in [0.29, 0.717) is 10.8 Å². The molecule has 0 bridgehead atoms. The molecule has 1 amide bonds. The largest absolute Gasteiger partial charge is 0.491 e. The van der Waals surface area contributed by atoms with Gasteiger partial charge in [-0.2, -0.15) is 0 Å². The van der Waals surface area contributed by atoms with E-state index in [1.807, 2.05) is 43.5 Å². The fourth-order valence-corrected chi connectivity index (χ4v) is 3.30. The van der Waals surface area contributed by atoms with Crippen molar-refractivity contribution < 1.29 is 14.5 Å². The number of halogens is 1. The van der Waals surface area contributed by atoms with E-state index in [1.165, 1.54) is 23.5 Å². The molecule has 0 spiro atoms. The second-order valence-corrected chi connectivity index (χ2v) is 7.37. The third kappa shape index (κ3) is 4.65. The van der Waals surface area contributed by atoms with Crippen LogP contribution in [0.1, 0.15) is 24.2 Å². The predicted molar refractivity (Wildman–Crippen MR) is 109 cm³/mol. The maximum atomic E-state index is 12.4. The van der Waals surface area contributed by atoms with Gasteiger partial charge in [0.25, 0.3) is 11.6 Å². The second-order valence-electron chi connectivity index (χ2n) is 6.11. The number of ether oxygens (including phenoxy) is 1. The van der Waals surface area contributed by atoms with Crippen molar-refractivity contribution in [3.8, 4) is 17.0 Å². The molecular weight excluding hydrogens is 402 g/mol. The molecule has 7 nitrogen and oxygen atoms in total. The zero-order valence-corrected chi connectivity index (χ0v) is 16.6. The van der Waals surface area contributed by atoms with E-state index in [4.69, 9.17) is 16.3 Å². The first kappa shape index (κ1) is 19.8. The predicted octanol–water partition coefficient (Wildman–Crippen LogP) is 5.41. The van der Waals surface area contributed by atoms with Gasteiger partial charge in [-0.1, -0.05) is 11.6 Å². The van der Waals surface area contributed by atoms with Crippen LogP contribution < -0.4 is 10.1 Å². The topological polar surface area (TPSA) is 94.4 Å². The number of aromatic nitrogens is 1. The summed E-state index contributed by atoms with van der Waals surface area (Å²) in [5, 5.41) is 15.8. The third-order valence-corrected chi connectivity index (χ3v) is 4.73. The van der Waals surface area contributed by atoms with Gasteiger partial charge in [-0.15, -0.1) is 11.3 Å². The lowest BCUT2D eigenvalue weighted by molar-refractivity contribution is -0.384. The summed E-state index contributed by atoms with van der Waals surface area (Å²) in [6.07, 6.45) is 0.0932. The number of carbonyl (C=O) groups excluding carboxylic acids is 1. The Morgan fingerprint density at radius 3 is 2.61 bits per heavy atom. The first-order chi connectivity index (χ1) is 13.3. The number of benzene rings is 2. The number of rotatable bonds is 6. The molecule has 0 atom stereocenters. The maximum Gasteiger partial charge on any atom is 0.288 e. The molecule has 0 saturated heterocycles. The Labute approximate surface area is 170 Å². The molecule has 3 aromatic rings. The van der Waals surface area contributed by atoms with Gasteiger partial charge in [-0.25, -0.2) is 4.98 Å². The zero-order chi connectivity index (χ0) is 20.3. The van der Waals surface area contributed by atoms with Crippen LogP contribution in [-0.2, 0) is 0 Å². The smallest absolute Gasteiger partial charge is 0.288 e. The highest BCUT2D eigenvalue weighted by atomic mass is 35.5. The summed E-state index contributed by atoms with van der Waals surface area (Å²) in [5.74, 6) is 0.271. The normalized spacial score (nSPS) is 10.7. The number of thiazole rings is 1. The van der Waals surface area contributed by atoms with Gasteiger partial charge in [-0.05, 0) is 50.2 Å². The molecule has 0 aliphatic rings. The Kier molecular flexibility index (Phi) is 5.91. The maximum absolute atomic E-state index is 12.4. The zero-order valence-electron chi connectivity index (χ0n) is 15.0.